The summed E-state index contributed by atoms with van der Waals surface area (Å²) < 4.78 is 6.30. The van der Waals surface area contributed by atoms with Gasteiger partial charge in [0.25, 0.3) is 5.69 Å². The third-order valence-electron chi connectivity index (χ3n) is 2.78. The van der Waals surface area contributed by atoms with E-state index in [0.29, 0.717) is 16.0 Å². The Labute approximate surface area is 134 Å². The summed E-state index contributed by atoms with van der Waals surface area (Å²) in [6.07, 6.45) is -0.601. The van der Waals surface area contributed by atoms with E-state index in [4.69, 9.17) is 16.3 Å². The summed E-state index contributed by atoms with van der Waals surface area (Å²) in [5.41, 5.74) is 0.634. The SMILES string of the molecule is C[C@H](O)c1ccc(Oc2ccc([N+](=O)[O-])cc2Cl)cc1Br. The van der Waals surface area contributed by atoms with E-state index in [2.05, 4.69) is 15.9 Å². The fourth-order valence-corrected chi connectivity index (χ4v) is 2.63. The molecule has 0 aromatic heterocycles. The number of non-ortho nitro benzene ring substituents is 1. The summed E-state index contributed by atoms with van der Waals surface area (Å²) in [7, 11) is 0. The number of rotatable bonds is 4. The van der Waals surface area contributed by atoms with Crippen LogP contribution in [0.5, 0.6) is 11.5 Å². The van der Waals surface area contributed by atoms with E-state index in [1.54, 1.807) is 25.1 Å². The van der Waals surface area contributed by atoms with E-state index in [1.165, 1.54) is 18.2 Å². The zero-order valence-corrected chi connectivity index (χ0v) is 13.3. The van der Waals surface area contributed by atoms with E-state index < -0.39 is 11.0 Å². The molecule has 0 aliphatic heterocycles. The standard InChI is InChI=1S/C14H11BrClNO4/c1-8(18)11-4-3-10(7-12(11)15)21-14-5-2-9(17(19)20)6-13(14)16/h2-8,18H,1H3/t8-/m0/s1. The first-order chi connectivity index (χ1) is 9.88. The van der Waals surface area contributed by atoms with Crippen molar-refractivity contribution in [2.75, 3.05) is 0 Å². The van der Waals surface area contributed by atoms with E-state index in [1.807, 2.05) is 0 Å². The summed E-state index contributed by atoms with van der Waals surface area (Å²) >= 11 is 9.31. The Morgan fingerprint density at radius 1 is 1.33 bits per heavy atom. The molecule has 0 radical (unpaired) electrons. The molecule has 2 aromatic rings. The molecule has 0 aliphatic carbocycles. The smallest absolute Gasteiger partial charge is 0.271 e. The van der Waals surface area contributed by atoms with Crippen LogP contribution in [0.4, 0.5) is 5.69 Å². The molecule has 5 nitrogen and oxygen atoms in total. The molecule has 1 N–H and O–H groups in total. The van der Waals surface area contributed by atoms with E-state index >= 15 is 0 Å². The lowest BCUT2D eigenvalue weighted by molar-refractivity contribution is -0.384. The van der Waals surface area contributed by atoms with Gasteiger partial charge in [0.15, 0.2) is 0 Å². The second-order valence-electron chi connectivity index (χ2n) is 4.33. The quantitative estimate of drug-likeness (QED) is 0.614. The average Bonchev–Trinajstić information content (AvgIpc) is 2.40. The molecule has 0 saturated carbocycles. The van der Waals surface area contributed by atoms with E-state index in [9.17, 15) is 15.2 Å². The fraction of sp³-hybridized carbons (Fsp3) is 0.143. The Morgan fingerprint density at radius 3 is 2.57 bits per heavy atom. The molecule has 7 heteroatoms. The molecule has 0 heterocycles. The highest BCUT2D eigenvalue weighted by molar-refractivity contribution is 9.10. The molecule has 0 saturated heterocycles. The number of halogens is 2. The number of benzene rings is 2. The maximum Gasteiger partial charge on any atom is 0.271 e. The van der Waals surface area contributed by atoms with Crippen LogP contribution in [0.3, 0.4) is 0 Å². The molecule has 2 aromatic carbocycles. The van der Waals surface area contributed by atoms with Gasteiger partial charge in [0.2, 0.25) is 0 Å². The minimum atomic E-state index is -0.601. The number of nitro groups is 1. The maximum atomic E-state index is 10.6. The summed E-state index contributed by atoms with van der Waals surface area (Å²) in [6.45, 7) is 1.66. The highest BCUT2D eigenvalue weighted by atomic mass is 79.9. The predicted molar refractivity (Wildman–Crippen MR) is 83.0 cm³/mol. The minimum Gasteiger partial charge on any atom is -0.456 e. The molecule has 110 valence electrons. The first kappa shape index (κ1) is 15.8. The van der Waals surface area contributed by atoms with Gasteiger partial charge in [0, 0.05) is 16.6 Å². The highest BCUT2D eigenvalue weighted by Crippen LogP contribution is 2.34. The molecule has 0 amide bonds. The molecule has 0 fully saturated rings. The Hall–Kier alpha value is -1.63. The van der Waals surface area contributed by atoms with Gasteiger partial charge in [-0.15, -0.1) is 0 Å². The lowest BCUT2D eigenvalue weighted by Crippen LogP contribution is -1.94. The summed E-state index contributed by atoms with van der Waals surface area (Å²) in [5, 5.41) is 20.4. The molecule has 0 spiro atoms. The molecular formula is C14H11BrClNO4. The molecule has 0 bridgehead atoms. The van der Waals surface area contributed by atoms with Crippen molar-refractivity contribution in [3.63, 3.8) is 0 Å². The third kappa shape index (κ3) is 3.72. The van der Waals surface area contributed by atoms with Gasteiger partial charge in [-0.2, -0.15) is 0 Å². The van der Waals surface area contributed by atoms with Crippen LogP contribution in [0, 0.1) is 10.1 Å². The van der Waals surface area contributed by atoms with Crippen molar-refractivity contribution in [3.05, 3.63) is 61.6 Å². The van der Waals surface area contributed by atoms with Crippen molar-refractivity contribution in [2.45, 2.75) is 13.0 Å². The van der Waals surface area contributed by atoms with Crippen LogP contribution in [0.2, 0.25) is 5.02 Å². The van der Waals surface area contributed by atoms with Crippen molar-refractivity contribution < 1.29 is 14.8 Å². The van der Waals surface area contributed by atoms with Gasteiger partial charge in [-0.05, 0) is 30.7 Å². The zero-order valence-electron chi connectivity index (χ0n) is 10.9. The van der Waals surface area contributed by atoms with Crippen LogP contribution >= 0.6 is 27.5 Å². The number of aliphatic hydroxyl groups is 1. The number of nitro benzene ring substituents is 1. The molecule has 21 heavy (non-hydrogen) atoms. The number of hydrogen-bond acceptors (Lipinski definition) is 4. The molecule has 0 unspecified atom stereocenters. The van der Waals surface area contributed by atoms with E-state index in [0.717, 1.165) is 5.56 Å². The van der Waals surface area contributed by atoms with Gasteiger partial charge >= 0.3 is 0 Å². The summed E-state index contributed by atoms with van der Waals surface area (Å²) in [5.74, 6) is 0.820. The van der Waals surface area contributed by atoms with Crippen molar-refractivity contribution in [3.8, 4) is 11.5 Å². The van der Waals surface area contributed by atoms with Crippen molar-refractivity contribution in [1.82, 2.24) is 0 Å². The molecule has 2 rings (SSSR count). The second kappa shape index (κ2) is 6.43. The molecule has 0 aliphatic rings. The van der Waals surface area contributed by atoms with Gasteiger partial charge < -0.3 is 9.84 Å². The zero-order chi connectivity index (χ0) is 15.6. The van der Waals surface area contributed by atoms with Crippen molar-refractivity contribution >= 4 is 33.2 Å². The minimum absolute atomic E-state index is 0.0991. The Morgan fingerprint density at radius 2 is 2.05 bits per heavy atom. The Kier molecular flexibility index (Phi) is 4.82. The summed E-state index contributed by atoms with van der Waals surface area (Å²) in [6, 6.07) is 9.10. The number of aliphatic hydroxyl groups excluding tert-OH is 1. The van der Waals surface area contributed by atoms with Gasteiger partial charge in [-0.3, -0.25) is 10.1 Å². The lowest BCUT2D eigenvalue weighted by atomic mass is 10.1. The second-order valence-corrected chi connectivity index (χ2v) is 5.59. The third-order valence-corrected chi connectivity index (χ3v) is 3.76. The fourth-order valence-electron chi connectivity index (χ4n) is 1.72. The Balaban J connectivity index is 2.26. The van der Waals surface area contributed by atoms with Crippen molar-refractivity contribution in [1.29, 1.82) is 0 Å². The monoisotopic (exact) mass is 371 g/mol. The van der Waals surface area contributed by atoms with Crippen LogP contribution in [0.15, 0.2) is 40.9 Å². The van der Waals surface area contributed by atoms with Crippen LogP contribution in [-0.4, -0.2) is 10.0 Å². The van der Waals surface area contributed by atoms with Crippen LogP contribution in [0.1, 0.15) is 18.6 Å². The van der Waals surface area contributed by atoms with Crippen LogP contribution in [-0.2, 0) is 0 Å². The predicted octanol–water partition coefficient (Wildman–Crippen LogP) is 4.86. The van der Waals surface area contributed by atoms with Crippen LogP contribution < -0.4 is 4.74 Å². The number of hydrogen-bond donors (Lipinski definition) is 1. The van der Waals surface area contributed by atoms with Crippen LogP contribution in [0.25, 0.3) is 0 Å². The van der Waals surface area contributed by atoms with Gasteiger partial charge in [0.1, 0.15) is 11.5 Å². The molecular weight excluding hydrogens is 362 g/mol. The van der Waals surface area contributed by atoms with E-state index in [-0.39, 0.29) is 10.7 Å². The van der Waals surface area contributed by atoms with Gasteiger partial charge in [-0.25, -0.2) is 0 Å². The number of ether oxygens (including phenoxy) is 1. The number of nitrogens with zero attached hydrogens (tertiary/aromatic N) is 1. The maximum absolute atomic E-state index is 10.6. The Bertz CT molecular complexity index is 691. The normalized spacial score (nSPS) is 12.0. The first-order valence-corrected chi connectivity index (χ1v) is 7.15. The summed E-state index contributed by atoms with van der Waals surface area (Å²) in [4.78, 5) is 10.1. The van der Waals surface area contributed by atoms with Gasteiger partial charge in [-0.1, -0.05) is 33.6 Å². The average molecular weight is 373 g/mol. The largest absolute Gasteiger partial charge is 0.456 e. The topological polar surface area (TPSA) is 72.6 Å². The van der Waals surface area contributed by atoms with Crippen molar-refractivity contribution in [2.24, 2.45) is 0 Å². The molecule has 1 atom stereocenters. The van der Waals surface area contributed by atoms with Gasteiger partial charge in [0.05, 0.1) is 16.0 Å². The lowest BCUT2D eigenvalue weighted by Gasteiger charge is -2.11. The first-order valence-electron chi connectivity index (χ1n) is 5.98. The highest BCUT2D eigenvalue weighted by Gasteiger charge is 2.12.